The van der Waals surface area contributed by atoms with Crippen LogP contribution in [0.15, 0.2) is 34.9 Å². The number of carbonyl (C=O) groups excluding carboxylic acids is 1. The van der Waals surface area contributed by atoms with E-state index < -0.39 is 17.2 Å². The van der Waals surface area contributed by atoms with Crippen LogP contribution in [0.4, 0.5) is 20.4 Å². The molecule has 0 fully saturated rings. The molecule has 1 aromatic heterocycles. The first kappa shape index (κ1) is 27.5. The van der Waals surface area contributed by atoms with Crippen LogP contribution in [0.25, 0.3) is 11.5 Å². The highest BCUT2D eigenvalue weighted by molar-refractivity contribution is 5.70. The molecule has 0 saturated heterocycles. The highest BCUT2D eigenvalue weighted by Gasteiger charge is 2.26. The molecule has 3 aromatic rings. The summed E-state index contributed by atoms with van der Waals surface area (Å²) in [6, 6.07) is 8.30. The Morgan fingerprint density at radius 3 is 2.61 bits per heavy atom. The molecule has 0 radical (unpaired) electrons. The molecule has 1 aliphatic rings. The third-order valence-corrected chi connectivity index (χ3v) is 5.78. The minimum Gasteiger partial charge on any atom is -0.491 e. The largest absolute Gasteiger partial charge is 0.491 e. The maximum absolute atomic E-state index is 14.7. The molecule has 2 heterocycles. The second-order valence-corrected chi connectivity index (χ2v) is 10.6. The monoisotopic (exact) mass is 528 g/mol. The molecule has 0 spiro atoms. The summed E-state index contributed by atoms with van der Waals surface area (Å²) in [6.07, 6.45) is 1.81. The lowest BCUT2D eigenvalue weighted by molar-refractivity contribution is -0.154. The van der Waals surface area contributed by atoms with E-state index in [1.165, 1.54) is 0 Å². The maximum Gasteiger partial charge on any atom is 0.307 e. The first-order valence-corrected chi connectivity index (χ1v) is 12.8. The predicted molar refractivity (Wildman–Crippen MR) is 139 cm³/mol. The Morgan fingerprint density at radius 2 is 1.92 bits per heavy atom. The van der Waals surface area contributed by atoms with Crippen molar-refractivity contribution in [3.63, 3.8) is 0 Å². The van der Waals surface area contributed by atoms with Gasteiger partial charge in [-0.2, -0.15) is 4.98 Å². The van der Waals surface area contributed by atoms with Gasteiger partial charge in [0.05, 0.1) is 12.5 Å². The van der Waals surface area contributed by atoms with Crippen molar-refractivity contribution in [3.05, 3.63) is 53.1 Å². The predicted octanol–water partition coefficient (Wildman–Crippen LogP) is 5.71. The van der Waals surface area contributed by atoms with Crippen molar-refractivity contribution >= 4 is 17.6 Å². The van der Waals surface area contributed by atoms with Gasteiger partial charge in [0.1, 0.15) is 28.5 Å². The summed E-state index contributed by atoms with van der Waals surface area (Å²) in [6.45, 7) is 10.9. The second kappa shape index (κ2) is 11.5. The molecule has 0 aliphatic carbocycles. The fraction of sp³-hybridized carbons (Fsp3) is 0.464. The summed E-state index contributed by atoms with van der Waals surface area (Å²) >= 11 is 0. The van der Waals surface area contributed by atoms with E-state index in [4.69, 9.17) is 14.0 Å². The van der Waals surface area contributed by atoms with Gasteiger partial charge in [-0.3, -0.25) is 4.79 Å². The zero-order valence-corrected chi connectivity index (χ0v) is 22.4. The number of ether oxygens (including phenoxy) is 2. The Balaban J connectivity index is 1.43. The van der Waals surface area contributed by atoms with Crippen LogP contribution >= 0.6 is 0 Å². The number of hydrogen-bond acceptors (Lipinski definition) is 8. The van der Waals surface area contributed by atoms with Gasteiger partial charge in [-0.1, -0.05) is 12.1 Å². The Hall–Kier alpha value is -3.53. The first-order chi connectivity index (χ1) is 18.0. The molecule has 4 rings (SSSR count). The molecule has 0 atom stereocenters. The molecular formula is C28H34F2N4O4. The van der Waals surface area contributed by atoms with Gasteiger partial charge in [0.15, 0.2) is 0 Å². The summed E-state index contributed by atoms with van der Waals surface area (Å²) < 4.78 is 45.5. The molecule has 0 amide bonds. The van der Waals surface area contributed by atoms with Gasteiger partial charge >= 0.3 is 5.97 Å². The topological polar surface area (TPSA) is 89.7 Å². The highest BCUT2D eigenvalue weighted by Crippen LogP contribution is 2.35. The maximum atomic E-state index is 14.7. The zero-order valence-electron chi connectivity index (χ0n) is 22.4. The van der Waals surface area contributed by atoms with Gasteiger partial charge in [-0.25, -0.2) is 8.78 Å². The molecule has 0 unspecified atom stereocenters. The number of nitrogens with one attached hydrogen (secondary N) is 1. The average molecular weight is 529 g/mol. The fourth-order valence-corrected chi connectivity index (χ4v) is 4.31. The standard InChI is InChI=1S/C28H34F2N4O4/c1-17(2)36-20-14-21(29)25(22(30)15-20)26-32-27(33-38-26)34-12-6-7-19-13-18(8-9-23(19)34)16-31-11-10-24(35)37-28(3,4)5/h8-9,13-15,17,31H,6-7,10-12,16H2,1-5H3. The van der Waals surface area contributed by atoms with Crippen molar-refractivity contribution in [2.24, 2.45) is 0 Å². The van der Waals surface area contributed by atoms with Gasteiger partial charge in [0.25, 0.3) is 11.8 Å². The minimum atomic E-state index is -0.835. The number of carbonyl (C=O) groups is 1. The van der Waals surface area contributed by atoms with Crippen molar-refractivity contribution in [2.45, 2.75) is 72.1 Å². The van der Waals surface area contributed by atoms with E-state index in [-0.39, 0.29) is 35.2 Å². The molecule has 0 saturated carbocycles. The van der Waals surface area contributed by atoms with Crippen LogP contribution in [0.3, 0.4) is 0 Å². The van der Waals surface area contributed by atoms with Crippen LogP contribution in [0.5, 0.6) is 5.75 Å². The minimum absolute atomic E-state index is 0.0959. The smallest absolute Gasteiger partial charge is 0.307 e. The molecule has 1 N–H and O–H groups in total. The first-order valence-electron chi connectivity index (χ1n) is 12.8. The SMILES string of the molecule is CC(C)Oc1cc(F)c(-c2nc(N3CCCc4cc(CNCCC(=O)OC(C)(C)C)ccc43)no2)c(F)c1. The van der Waals surface area contributed by atoms with E-state index >= 15 is 0 Å². The number of hydrogen-bond donors (Lipinski definition) is 1. The number of fused-ring (bicyclic) bond motifs is 1. The van der Waals surface area contributed by atoms with Crippen LogP contribution in [-0.4, -0.2) is 40.9 Å². The number of anilines is 2. The van der Waals surface area contributed by atoms with Gasteiger partial charge in [0, 0.05) is 37.5 Å². The van der Waals surface area contributed by atoms with Crippen molar-refractivity contribution in [3.8, 4) is 17.2 Å². The van der Waals surface area contributed by atoms with E-state index in [0.717, 1.165) is 41.8 Å². The van der Waals surface area contributed by atoms with Crippen LogP contribution in [0.2, 0.25) is 0 Å². The van der Waals surface area contributed by atoms with Crippen molar-refractivity contribution in [2.75, 3.05) is 18.0 Å². The van der Waals surface area contributed by atoms with Crippen molar-refractivity contribution < 1.29 is 27.6 Å². The fourth-order valence-electron chi connectivity index (χ4n) is 4.31. The molecule has 38 heavy (non-hydrogen) atoms. The van der Waals surface area contributed by atoms with Crippen molar-refractivity contribution in [1.82, 2.24) is 15.5 Å². The zero-order chi connectivity index (χ0) is 27.4. The summed E-state index contributed by atoms with van der Waals surface area (Å²) in [4.78, 5) is 18.1. The van der Waals surface area contributed by atoms with Gasteiger partial charge in [0.2, 0.25) is 0 Å². The number of aromatic nitrogens is 2. The second-order valence-electron chi connectivity index (χ2n) is 10.6. The highest BCUT2D eigenvalue weighted by atomic mass is 19.1. The van der Waals surface area contributed by atoms with E-state index in [2.05, 4.69) is 21.5 Å². The average Bonchev–Trinajstić information content (AvgIpc) is 3.28. The Kier molecular flexibility index (Phi) is 8.30. The van der Waals surface area contributed by atoms with E-state index in [0.29, 0.717) is 26.1 Å². The molecular weight excluding hydrogens is 494 g/mol. The summed E-state index contributed by atoms with van der Waals surface area (Å²) in [5.74, 6) is -1.80. The molecule has 8 nitrogen and oxygen atoms in total. The lowest BCUT2D eigenvalue weighted by Gasteiger charge is -2.28. The van der Waals surface area contributed by atoms with Crippen LogP contribution in [0, 0.1) is 11.6 Å². The summed E-state index contributed by atoms with van der Waals surface area (Å²) in [5.41, 5.74) is 2.24. The molecule has 0 bridgehead atoms. The number of esters is 1. The Morgan fingerprint density at radius 1 is 1.18 bits per heavy atom. The summed E-state index contributed by atoms with van der Waals surface area (Å²) in [5, 5.41) is 7.29. The normalized spacial score (nSPS) is 13.5. The lowest BCUT2D eigenvalue weighted by Crippen LogP contribution is -2.27. The van der Waals surface area contributed by atoms with Gasteiger partial charge in [-0.05, 0) is 69.8 Å². The molecule has 1 aliphatic heterocycles. The third kappa shape index (κ3) is 6.86. The number of nitrogens with zero attached hydrogens (tertiary/aromatic N) is 3. The van der Waals surface area contributed by atoms with Crippen LogP contribution < -0.4 is 15.0 Å². The van der Waals surface area contributed by atoms with Crippen molar-refractivity contribution in [1.29, 1.82) is 0 Å². The van der Waals surface area contributed by atoms with E-state index in [1.54, 1.807) is 13.8 Å². The van der Waals surface area contributed by atoms with E-state index in [1.807, 2.05) is 37.8 Å². The molecule has 2 aromatic carbocycles. The lowest BCUT2D eigenvalue weighted by atomic mass is 9.99. The van der Waals surface area contributed by atoms with Gasteiger partial charge in [-0.15, -0.1) is 0 Å². The Labute approximate surface area is 221 Å². The van der Waals surface area contributed by atoms with Gasteiger partial charge < -0.3 is 24.2 Å². The number of benzene rings is 2. The number of aryl methyl sites for hydroxylation is 1. The number of rotatable bonds is 9. The van der Waals surface area contributed by atoms with E-state index in [9.17, 15) is 13.6 Å². The Bertz CT molecular complexity index is 1260. The summed E-state index contributed by atoms with van der Waals surface area (Å²) in [7, 11) is 0. The molecule has 10 heteroatoms. The quantitative estimate of drug-likeness (QED) is 0.279. The van der Waals surface area contributed by atoms with Crippen LogP contribution in [-0.2, 0) is 22.5 Å². The molecule has 204 valence electrons. The van der Waals surface area contributed by atoms with Crippen LogP contribution in [0.1, 0.15) is 58.6 Å². The third-order valence-electron chi connectivity index (χ3n) is 5.78. The number of halogens is 2.